The lowest BCUT2D eigenvalue weighted by Crippen LogP contribution is -2.24. The van der Waals surface area contributed by atoms with E-state index in [0.717, 1.165) is 42.7 Å². The zero-order valence-corrected chi connectivity index (χ0v) is 10.9. The van der Waals surface area contributed by atoms with Crippen molar-refractivity contribution in [3.63, 3.8) is 0 Å². The van der Waals surface area contributed by atoms with Gasteiger partial charge in [-0.15, -0.1) is 0 Å². The predicted molar refractivity (Wildman–Crippen MR) is 69.2 cm³/mol. The van der Waals surface area contributed by atoms with Crippen LogP contribution in [0.2, 0.25) is 5.02 Å². The average Bonchev–Trinajstić information content (AvgIpc) is 2.86. The van der Waals surface area contributed by atoms with Crippen LogP contribution >= 0.6 is 11.6 Å². The number of hydrogen-bond donors (Lipinski definition) is 1. The molecular formula is C14H17ClO3. The van der Waals surface area contributed by atoms with E-state index in [1.165, 1.54) is 0 Å². The molecule has 3 rings (SSSR count). The van der Waals surface area contributed by atoms with Gasteiger partial charge in [-0.1, -0.05) is 11.6 Å². The maximum atomic E-state index is 10.5. The van der Waals surface area contributed by atoms with Crippen LogP contribution in [0.5, 0.6) is 5.75 Å². The number of fused-ring (bicyclic) bond motifs is 1. The van der Waals surface area contributed by atoms with Crippen molar-refractivity contribution in [3.05, 3.63) is 28.3 Å². The van der Waals surface area contributed by atoms with Crippen LogP contribution in [0.15, 0.2) is 12.1 Å². The minimum Gasteiger partial charge on any atom is -0.493 e. The van der Waals surface area contributed by atoms with Crippen LogP contribution in [-0.4, -0.2) is 24.9 Å². The number of aliphatic hydroxyl groups excluding tert-OH is 1. The van der Waals surface area contributed by atoms with Crippen molar-refractivity contribution < 1.29 is 14.6 Å². The van der Waals surface area contributed by atoms with Gasteiger partial charge in [0.2, 0.25) is 0 Å². The van der Waals surface area contributed by atoms with Gasteiger partial charge in [0.15, 0.2) is 0 Å². The van der Waals surface area contributed by atoms with E-state index in [1.54, 1.807) is 0 Å². The fourth-order valence-corrected chi connectivity index (χ4v) is 3.04. The van der Waals surface area contributed by atoms with Gasteiger partial charge in [-0.25, -0.2) is 0 Å². The third kappa shape index (κ3) is 2.22. The summed E-state index contributed by atoms with van der Waals surface area (Å²) >= 11 is 6.11. The van der Waals surface area contributed by atoms with Crippen molar-refractivity contribution >= 4 is 11.6 Å². The molecule has 2 atom stereocenters. The fourth-order valence-electron chi connectivity index (χ4n) is 2.79. The highest BCUT2D eigenvalue weighted by Gasteiger charge is 2.29. The molecule has 1 N–H and O–H groups in total. The first-order valence-corrected chi connectivity index (χ1v) is 6.84. The molecule has 3 nitrogen and oxygen atoms in total. The van der Waals surface area contributed by atoms with Crippen molar-refractivity contribution in [2.45, 2.75) is 25.4 Å². The Morgan fingerprint density at radius 1 is 1.33 bits per heavy atom. The number of benzene rings is 1. The Balaban J connectivity index is 1.91. The molecule has 0 bridgehead atoms. The zero-order valence-electron chi connectivity index (χ0n) is 10.2. The molecule has 1 aromatic carbocycles. The van der Waals surface area contributed by atoms with Crippen molar-refractivity contribution in [3.8, 4) is 5.75 Å². The van der Waals surface area contributed by atoms with Crippen LogP contribution < -0.4 is 4.74 Å². The molecule has 0 spiro atoms. The molecule has 2 aliphatic rings. The Bertz CT molecular complexity index is 441. The summed E-state index contributed by atoms with van der Waals surface area (Å²) in [6.45, 7) is 2.09. The van der Waals surface area contributed by atoms with Crippen molar-refractivity contribution in [1.82, 2.24) is 0 Å². The van der Waals surface area contributed by atoms with E-state index in [1.807, 2.05) is 12.1 Å². The molecule has 2 unspecified atom stereocenters. The molecule has 1 aromatic rings. The summed E-state index contributed by atoms with van der Waals surface area (Å²) < 4.78 is 11.1. The Morgan fingerprint density at radius 2 is 2.22 bits per heavy atom. The molecule has 2 aliphatic heterocycles. The summed E-state index contributed by atoms with van der Waals surface area (Å²) in [5, 5.41) is 11.2. The minimum absolute atomic E-state index is 0.144. The smallest absolute Gasteiger partial charge is 0.128 e. The number of rotatable bonds is 2. The van der Waals surface area contributed by atoms with Crippen LogP contribution in [0.1, 0.15) is 30.1 Å². The van der Waals surface area contributed by atoms with E-state index in [4.69, 9.17) is 21.1 Å². The van der Waals surface area contributed by atoms with Gasteiger partial charge in [-0.2, -0.15) is 0 Å². The van der Waals surface area contributed by atoms with Crippen molar-refractivity contribution in [1.29, 1.82) is 0 Å². The van der Waals surface area contributed by atoms with Gasteiger partial charge in [0.25, 0.3) is 0 Å². The third-order valence-electron chi connectivity index (χ3n) is 3.74. The largest absolute Gasteiger partial charge is 0.493 e. The molecular weight excluding hydrogens is 252 g/mol. The first-order valence-electron chi connectivity index (χ1n) is 6.46. The summed E-state index contributed by atoms with van der Waals surface area (Å²) in [5.41, 5.74) is 1.93. The van der Waals surface area contributed by atoms with Crippen LogP contribution in [0.4, 0.5) is 0 Å². The van der Waals surface area contributed by atoms with Crippen LogP contribution in [0.3, 0.4) is 0 Å². The van der Waals surface area contributed by atoms with Crippen LogP contribution in [0, 0.1) is 5.92 Å². The summed E-state index contributed by atoms with van der Waals surface area (Å²) in [7, 11) is 0. The monoisotopic (exact) mass is 268 g/mol. The van der Waals surface area contributed by atoms with Gasteiger partial charge in [0, 0.05) is 29.5 Å². The Morgan fingerprint density at radius 3 is 3.00 bits per heavy atom. The highest BCUT2D eigenvalue weighted by molar-refractivity contribution is 6.30. The molecule has 0 radical (unpaired) electrons. The van der Waals surface area contributed by atoms with Gasteiger partial charge in [-0.05, 0) is 30.5 Å². The summed E-state index contributed by atoms with van der Waals surface area (Å²) in [6, 6.07) is 3.75. The Hall–Kier alpha value is -0.770. The van der Waals surface area contributed by atoms with Gasteiger partial charge < -0.3 is 14.6 Å². The Labute approximate surface area is 112 Å². The van der Waals surface area contributed by atoms with Gasteiger partial charge >= 0.3 is 0 Å². The van der Waals surface area contributed by atoms with Crippen LogP contribution in [-0.2, 0) is 11.2 Å². The SMILES string of the molecule is OC(c1cc(Cl)cc2c1OCC2)C1CCCOC1. The van der Waals surface area contributed by atoms with Gasteiger partial charge in [-0.3, -0.25) is 0 Å². The fraction of sp³-hybridized carbons (Fsp3) is 0.571. The van der Waals surface area contributed by atoms with Crippen LogP contribution in [0.25, 0.3) is 0 Å². The van der Waals surface area contributed by atoms with E-state index in [0.29, 0.717) is 18.2 Å². The van der Waals surface area contributed by atoms with E-state index in [2.05, 4.69) is 0 Å². The first-order chi connectivity index (χ1) is 8.75. The zero-order chi connectivity index (χ0) is 12.5. The third-order valence-corrected chi connectivity index (χ3v) is 3.96. The van der Waals surface area contributed by atoms with Crippen molar-refractivity contribution in [2.75, 3.05) is 19.8 Å². The molecule has 0 aliphatic carbocycles. The second-order valence-electron chi connectivity index (χ2n) is 5.00. The highest BCUT2D eigenvalue weighted by atomic mass is 35.5. The molecule has 2 heterocycles. The maximum absolute atomic E-state index is 10.5. The molecule has 1 fully saturated rings. The number of hydrogen-bond acceptors (Lipinski definition) is 3. The number of aliphatic hydroxyl groups is 1. The molecule has 0 aromatic heterocycles. The summed E-state index contributed by atoms with van der Waals surface area (Å²) in [6.07, 6.45) is 2.32. The molecule has 1 saturated heterocycles. The lowest BCUT2D eigenvalue weighted by Gasteiger charge is -2.27. The van der Waals surface area contributed by atoms with Gasteiger partial charge in [0.05, 0.1) is 19.3 Å². The van der Waals surface area contributed by atoms with E-state index in [-0.39, 0.29) is 5.92 Å². The van der Waals surface area contributed by atoms with Crippen molar-refractivity contribution in [2.24, 2.45) is 5.92 Å². The first kappa shape index (κ1) is 12.3. The molecule has 0 saturated carbocycles. The molecule has 0 amide bonds. The number of ether oxygens (including phenoxy) is 2. The molecule has 98 valence electrons. The van der Waals surface area contributed by atoms with E-state index >= 15 is 0 Å². The predicted octanol–water partition coefficient (Wildman–Crippen LogP) is 2.73. The second-order valence-corrected chi connectivity index (χ2v) is 5.44. The standard InChI is InChI=1S/C14H17ClO3/c15-11-6-9-3-5-18-14(9)12(7-11)13(16)10-2-1-4-17-8-10/h6-7,10,13,16H,1-5,8H2. The minimum atomic E-state index is -0.546. The number of halogens is 1. The lowest BCUT2D eigenvalue weighted by molar-refractivity contribution is -0.0107. The summed E-state index contributed by atoms with van der Waals surface area (Å²) in [5.74, 6) is 0.975. The molecule has 18 heavy (non-hydrogen) atoms. The topological polar surface area (TPSA) is 38.7 Å². The lowest BCUT2D eigenvalue weighted by atomic mass is 9.90. The maximum Gasteiger partial charge on any atom is 0.128 e. The van der Waals surface area contributed by atoms with Gasteiger partial charge in [0.1, 0.15) is 5.75 Å². The van der Waals surface area contributed by atoms with E-state index in [9.17, 15) is 5.11 Å². The molecule has 4 heteroatoms. The second kappa shape index (κ2) is 5.08. The normalized spacial score (nSPS) is 24.4. The van der Waals surface area contributed by atoms with E-state index < -0.39 is 6.10 Å². The summed E-state index contributed by atoms with van der Waals surface area (Å²) in [4.78, 5) is 0. The Kier molecular flexibility index (Phi) is 3.46. The quantitative estimate of drug-likeness (QED) is 0.896. The average molecular weight is 269 g/mol. The highest BCUT2D eigenvalue weighted by Crippen LogP contribution is 2.40.